The second-order valence-electron chi connectivity index (χ2n) is 10.9. The van der Waals surface area contributed by atoms with Gasteiger partial charge in [-0.25, -0.2) is 18.7 Å². The quantitative estimate of drug-likeness (QED) is 0.720. The van der Waals surface area contributed by atoms with Gasteiger partial charge in [0, 0.05) is 18.5 Å². The van der Waals surface area contributed by atoms with Crippen molar-refractivity contribution in [3.05, 3.63) is 53.0 Å². The highest BCUT2D eigenvalue weighted by molar-refractivity contribution is 5.95. The van der Waals surface area contributed by atoms with Gasteiger partial charge < -0.3 is 10.2 Å². The van der Waals surface area contributed by atoms with Gasteiger partial charge in [-0.2, -0.15) is 0 Å². The van der Waals surface area contributed by atoms with Crippen molar-refractivity contribution in [3.63, 3.8) is 0 Å². The van der Waals surface area contributed by atoms with Gasteiger partial charge in [0.2, 0.25) is 5.91 Å². The summed E-state index contributed by atoms with van der Waals surface area (Å²) in [7, 11) is 0. The summed E-state index contributed by atoms with van der Waals surface area (Å²) in [5.74, 6) is 0.383. The summed E-state index contributed by atoms with van der Waals surface area (Å²) in [6, 6.07) is 3.39. The number of aromatic nitrogens is 2. The fraction of sp³-hybridized carbons (Fsp3) is 0.538. The monoisotopic (exact) mass is 466 g/mol. The van der Waals surface area contributed by atoms with Crippen LogP contribution in [0.25, 0.3) is 0 Å². The van der Waals surface area contributed by atoms with Crippen LogP contribution < -0.4 is 5.32 Å². The summed E-state index contributed by atoms with van der Waals surface area (Å²) in [5, 5.41) is 3.03. The Hall–Kier alpha value is -2.90. The van der Waals surface area contributed by atoms with Crippen molar-refractivity contribution in [2.75, 3.05) is 11.9 Å². The summed E-state index contributed by atoms with van der Waals surface area (Å²) in [6.07, 6.45) is 9.83. The molecule has 4 fully saturated rings. The lowest BCUT2D eigenvalue weighted by atomic mass is 9.49. The minimum atomic E-state index is -0.879. The van der Waals surface area contributed by atoms with E-state index in [2.05, 4.69) is 15.3 Å². The van der Waals surface area contributed by atoms with E-state index in [4.69, 9.17) is 0 Å². The number of anilines is 1. The van der Waals surface area contributed by atoms with Crippen LogP contribution in [0.1, 0.15) is 66.6 Å². The molecule has 2 amide bonds. The van der Waals surface area contributed by atoms with Gasteiger partial charge in [-0.3, -0.25) is 9.59 Å². The number of carbonyl (C=O) groups is 2. The average Bonchev–Trinajstić information content (AvgIpc) is 2.77. The molecule has 2 aromatic rings. The molecule has 0 radical (unpaired) electrons. The molecule has 4 saturated carbocycles. The smallest absolute Gasteiger partial charge is 0.260 e. The lowest BCUT2D eigenvalue weighted by Crippen LogP contribution is -2.47. The molecule has 1 N–H and O–H groups in total. The Labute approximate surface area is 197 Å². The maximum atomic E-state index is 14.1. The van der Waals surface area contributed by atoms with Gasteiger partial charge in [0.05, 0.1) is 12.2 Å². The maximum absolute atomic E-state index is 14.1. The highest BCUT2D eigenvalue weighted by Gasteiger charge is 2.51. The van der Waals surface area contributed by atoms with Crippen LogP contribution in [0.3, 0.4) is 0 Å². The zero-order valence-electron chi connectivity index (χ0n) is 19.0. The number of amides is 2. The molecule has 6 nitrogen and oxygen atoms in total. The predicted molar refractivity (Wildman–Crippen MR) is 121 cm³/mol. The van der Waals surface area contributed by atoms with E-state index in [0.717, 1.165) is 35.4 Å². The van der Waals surface area contributed by atoms with E-state index in [1.54, 1.807) is 0 Å². The van der Waals surface area contributed by atoms with Gasteiger partial charge in [-0.05, 0) is 80.2 Å². The van der Waals surface area contributed by atoms with Crippen molar-refractivity contribution in [1.29, 1.82) is 0 Å². The normalized spacial score (nSPS) is 29.1. The van der Waals surface area contributed by atoms with E-state index in [1.807, 2.05) is 0 Å². The standard InChI is InChI=1S/C26H28F2N4O2/c27-19-2-1-3-20(28)23(19)25(34)32-5-4-18-21(13-32)29-14-30-24(18)31-22(33)12-26-9-15-6-16(10-26)8-17(7-15)11-26/h1-3,14-17H,4-13H2,(H,29,30,31,33). The van der Waals surface area contributed by atoms with Crippen LogP contribution in [0.5, 0.6) is 0 Å². The Bertz CT molecular complexity index is 1110. The molecule has 2 heterocycles. The summed E-state index contributed by atoms with van der Waals surface area (Å²) in [5.41, 5.74) is 0.971. The first-order valence-electron chi connectivity index (χ1n) is 12.2. The molecule has 1 aliphatic heterocycles. The average molecular weight is 467 g/mol. The van der Waals surface area contributed by atoms with Crippen LogP contribution >= 0.6 is 0 Å². The van der Waals surface area contributed by atoms with Crippen molar-refractivity contribution in [1.82, 2.24) is 14.9 Å². The number of hydrogen-bond acceptors (Lipinski definition) is 4. The third-order valence-electron chi connectivity index (χ3n) is 8.43. The molecular weight excluding hydrogens is 438 g/mol. The Morgan fingerprint density at radius 3 is 2.32 bits per heavy atom. The Morgan fingerprint density at radius 1 is 1.03 bits per heavy atom. The number of hydrogen-bond donors (Lipinski definition) is 1. The third-order valence-corrected chi connectivity index (χ3v) is 8.43. The minimum absolute atomic E-state index is 0.00483. The van der Waals surface area contributed by atoms with Crippen LogP contribution in [0.2, 0.25) is 0 Å². The van der Waals surface area contributed by atoms with Crippen molar-refractivity contribution in [2.24, 2.45) is 23.2 Å². The number of nitrogens with one attached hydrogen (secondary N) is 1. The van der Waals surface area contributed by atoms with Crippen molar-refractivity contribution in [2.45, 2.75) is 57.9 Å². The van der Waals surface area contributed by atoms with Gasteiger partial charge in [0.15, 0.2) is 0 Å². The van der Waals surface area contributed by atoms with Crippen molar-refractivity contribution < 1.29 is 18.4 Å². The molecule has 0 spiro atoms. The molecule has 5 aliphatic rings. The van der Waals surface area contributed by atoms with E-state index < -0.39 is 23.1 Å². The first-order valence-corrected chi connectivity index (χ1v) is 12.2. The van der Waals surface area contributed by atoms with Gasteiger partial charge in [-0.1, -0.05) is 6.07 Å². The van der Waals surface area contributed by atoms with E-state index in [9.17, 15) is 18.4 Å². The second kappa shape index (κ2) is 8.10. The molecule has 178 valence electrons. The van der Waals surface area contributed by atoms with Crippen LogP contribution in [0, 0.1) is 34.8 Å². The molecule has 1 aromatic heterocycles. The first-order chi connectivity index (χ1) is 16.4. The Balaban J connectivity index is 1.16. The number of fused-ring (bicyclic) bond motifs is 1. The summed E-state index contributed by atoms with van der Waals surface area (Å²) in [6.45, 7) is 0.382. The fourth-order valence-electron chi connectivity index (χ4n) is 7.52. The van der Waals surface area contributed by atoms with Crippen molar-refractivity contribution >= 4 is 17.6 Å². The molecule has 34 heavy (non-hydrogen) atoms. The van der Waals surface area contributed by atoms with E-state index in [0.29, 0.717) is 24.4 Å². The number of nitrogens with zero attached hydrogens (tertiary/aromatic N) is 3. The third kappa shape index (κ3) is 3.77. The molecule has 7 rings (SSSR count). The van der Waals surface area contributed by atoms with Crippen LogP contribution in [0.15, 0.2) is 24.5 Å². The van der Waals surface area contributed by atoms with Crippen molar-refractivity contribution in [3.8, 4) is 0 Å². The summed E-state index contributed by atoms with van der Waals surface area (Å²) >= 11 is 0. The maximum Gasteiger partial charge on any atom is 0.260 e. The number of carbonyl (C=O) groups excluding carboxylic acids is 2. The zero-order chi connectivity index (χ0) is 23.4. The van der Waals surface area contributed by atoms with E-state index >= 15 is 0 Å². The molecule has 1 aromatic carbocycles. The fourth-order valence-corrected chi connectivity index (χ4v) is 7.52. The first kappa shape index (κ1) is 21.6. The molecule has 4 bridgehead atoms. The molecule has 4 aliphatic carbocycles. The van der Waals surface area contributed by atoms with E-state index in [-0.39, 0.29) is 24.4 Å². The van der Waals surface area contributed by atoms with Gasteiger partial charge >= 0.3 is 0 Å². The van der Waals surface area contributed by atoms with Crippen LogP contribution in [0.4, 0.5) is 14.6 Å². The molecule has 0 saturated heterocycles. The minimum Gasteiger partial charge on any atom is -0.332 e. The number of halogens is 2. The SMILES string of the molecule is O=C(CC12CC3CC(CC(C3)C1)C2)Nc1ncnc2c1CCN(C(=O)c1c(F)cccc1F)C2. The highest BCUT2D eigenvalue weighted by Crippen LogP contribution is 2.61. The van der Waals surface area contributed by atoms with Gasteiger partial charge in [-0.15, -0.1) is 0 Å². The number of benzene rings is 1. The zero-order valence-corrected chi connectivity index (χ0v) is 19.0. The predicted octanol–water partition coefficient (Wildman–Crippen LogP) is 4.50. The topological polar surface area (TPSA) is 75.2 Å². The van der Waals surface area contributed by atoms with E-state index in [1.165, 1.54) is 55.8 Å². The highest BCUT2D eigenvalue weighted by atomic mass is 19.1. The number of rotatable bonds is 4. The van der Waals surface area contributed by atoms with Crippen LogP contribution in [-0.4, -0.2) is 33.2 Å². The lowest BCUT2D eigenvalue weighted by molar-refractivity contribution is -0.124. The Kier molecular flexibility index (Phi) is 5.15. The summed E-state index contributed by atoms with van der Waals surface area (Å²) in [4.78, 5) is 35.9. The lowest BCUT2D eigenvalue weighted by Gasteiger charge is -2.56. The molecule has 0 atom stereocenters. The summed E-state index contributed by atoms with van der Waals surface area (Å²) < 4.78 is 28.2. The molecule has 8 heteroatoms. The van der Waals surface area contributed by atoms with Gasteiger partial charge in [0.1, 0.15) is 29.3 Å². The molecule has 0 unspecified atom stereocenters. The largest absolute Gasteiger partial charge is 0.332 e. The molecular formula is C26H28F2N4O2. The Morgan fingerprint density at radius 2 is 1.68 bits per heavy atom. The second-order valence-corrected chi connectivity index (χ2v) is 10.9. The van der Waals surface area contributed by atoms with Gasteiger partial charge in [0.25, 0.3) is 5.91 Å². The van der Waals surface area contributed by atoms with Crippen LogP contribution in [-0.2, 0) is 17.8 Å².